The summed E-state index contributed by atoms with van der Waals surface area (Å²) in [5.41, 5.74) is 0. The van der Waals surface area contributed by atoms with Crippen LogP contribution in [0.2, 0.25) is 0 Å². The van der Waals surface area contributed by atoms with Gasteiger partial charge < -0.3 is 20.6 Å². The number of carbonyl (C=O) groups excluding carboxylic acids is 1. The molecule has 5 heteroatoms. The highest BCUT2D eigenvalue weighted by atomic mass is 16.3. The summed E-state index contributed by atoms with van der Waals surface area (Å²) in [6.45, 7) is 4.23. The summed E-state index contributed by atoms with van der Waals surface area (Å²) < 4.78 is 0. The number of aliphatic hydroxyl groups is 3. The fourth-order valence-corrected chi connectivity index (χ4v) is 10.6. The van der Waals surface area contributed by atoms with Crippen molar-refractivity contribution in [2.75, 3.05) is 6.61 Å². The van der Waals surface area contributed by atoms with Gasteiger partial charge in [0.25, 0.3) is 0 Å². The van der Waals surface area contributed by atoms with E-state index in [-0.39, 0.29) is 12.5 Å². The molecule has 0 rings (SSSR count). The summed E-state index contributed by atoms with van der Waals surface area (Å²) in [6.07, 6.45) is 79.4. The van der Waals surface area contributed by atoms with Crippen LogP contribution in [0.1, 0.15) is 367 Å². The zero-order valence-corrected chi connectivity index (χ0v) is 48.4. The molecule has 1 amide bonds. The topological polar surface area (TPSA) is 89.8 Å². The lowest BCUT2D eigenvalue weighted by Gasteiger charge is -2.26. The molecule has 0 aromatic carbocycles. The van der Waals surface area contributed by atoms with Gasteiger partial charge in [-0.15, -0.1) is 0 Å². The second-order valence-corrected chi connectivity index (χ2v) is 22.7. The lowest BCUT2D eigenvalue weighted by molar-refractivity contribution is -0.124. The quantitative estimate of drug-likeness (QED) is 0.0361. The molecule has 0 saturated heterocycles. The normalized spacial score (nSPS) is 13.3. The highest BCUT2D eigenvalue weighted by Crippen LogP contribution is 2.19. The minimum Gasteiger partial charge on any atom is -0.394 e. The first-order valence-electron chi connectivity index (χ1n) is 32.6. The third-order valence-corrected chi connectivity index (χ3v) is 15.6. The van der Waals surface area contributed by atoms with E-state index in [2.05, 4.69) is 43.5 Å². The van der Waals surface area contributed by atoms with Crippen molar-refractivity contribution >= 4 is 5.91 Å². The van der Waals surface area contributed by atoms with Crippen LogP contribution in [0, 0.1) is 0 Å². The van der Waals surface area contributed by atoms with E-state index < -0.39 is 18.2 Å². The molecule has 71 heavy (non-hydrogen) atoms. The highest BCUT2D eigenvalue weighted by Gasteiger charge is 2.26. The van der Waals surface area contributed by atoms with Gasteiger partial charge in [0.05, 0.1) is 18.8 Å². The minimum absolute atomic E-state index is 0.137. The van der Waals surface area contributed by atoms with Gasteiger partial charge in [0.2, 0.25) is 5.91 Å². The fraction of sp³-hybridized carbons (Fsp3) is 0.924. The molecule has 422 valence electrons. The molecule has 0 saturated carbocycles. The number of carbonyl (C=O) groups is 1. The maximum absolute atomic E-state index is 12.6. The molecule has 0 aromatic heterocycles. The molecule has 4 N–H and O–H groups in total. The SMILES string of the molecule is CCCCCCCCCCC/C=C\C/C=C\CCCCCCCCCCCCCCCCCCCC(=O)NC(CO)C(O)C(O)CCCCCCCCCCCCCCCCCCCCCCCCCC. The first kappa shape index (κ1) is 69.8. The van der Waals surface area contributed by atoms with Crippen LogP contribution in [0.3, 0.4) is 0 Å². The summed E-state index contributed by atoms with van der Waals surface area (Å²) in [5.74, 6) is -0.137. The maximum Gasteiger partial charge on any atom is 0.220 e. The number of aliphatic hydroxyl groups excluding tert-OH is 3. The number of rotatable bonds is 61. The monoisotopic (exact) mass is 1000 g/mol. The van der Waals surface area contributed by atoms with Gasteiger partial charge in [-0.05, 0) is 44.9 Å². The second-order valence-electron chi connectivity index (χ2n) is 22.7. The molecule has 0 radical (unpaired) electrons. The molecule has 5 nitrogen and oxygen atoms in total. The van der Waals surface area contributed by atoms with E-state index in [1.165, 1.54) is 302 Å². The van der Waals surface area contributed by atoms with Gasteiger partial charge in [0, 0.05) is 6.42 Å². The van der Waals surface area contributed by atoms with Crippen molar-refractivity contribution in [2.24, 2.45) is 0 Å². The predicted molar refractivity (Wildman–Crippen MR) is 315 cm³/mol. The van der Waals surface area contributed by atoms with E-state index >= 15 is 0 Å². The number of nitrogens with one attached hydrogen (secondary N) is 1. The van der Waals surface area contributed by atoms with Crippen molar-refractivity contribution in [1.82, 2.24) is 5.32 Å². The van der Waals surface area contributed by atoms with Crippen LogP contribution in [0.25, 0.3) is 0 Å². The molecule has 3 atom stereocenters. The van der Waals surface area contributed by atoms with Crippen LogP contribution in [-0.4, -0.2) is 46.1 Å². The Labute approximate surface area is 445 Å². The van der Waals surface area contributed by atoms with Crippen molar-refractivity contribution in [3.05, 3.63) is 24.3 Å². The first-order chi connectivity index (χ1) is 35.1. The van der Waals surface area contributed by atoms with E-state index in [0.717, 1.165) is 38.5 Å². The predicted octanol–water partition coefficient (Wildman–Crippen LogP) is 20.8. The van der Waals surface area contributed by atoms with E-state index in [1.807, 2.05) is 0 Å². The third-order valence-electron chi connectivity index (χ3n) is 15.6. The molecule has 0 aromatic rings. The van der Waals surface area contributed by atoms with Crippen molar-refractivity contribution in [3.63, 3.8) is 0 Å². The van der Waals surface area contributed by atoms with E-state index in [0.29, 0.717) is 12.8 Å². The van der Waals surface area contributed by atoms with Crippen molar-refractivity contribution in [2.45, 2.75) is 385 Å². The van der Waals surface area contributed by atoms with Crippen LogP contribution in [0.5, 0.6) is 0 Å². The summed E-state index contributed by atoms with van der Waals surface area (Å²) in [5, 5.41) is 33.9. The van der Waals surface area contributed by atoms with Gasteiger partial charge in [-0.3, -0.25) is 4.79 Å². The molecular weight excluding hydrogens is 871 g/mol. The minimum atomic E-state index is -1.14. The Bertz CT molecular complexity index is 1060. The van der Waals surface area contributed by atoms with Gasteiger partial charge in [-0.1, -0.05) is 340 Å². The lowest BCUT2D eigenvalue weighted by Crippen LogP contribution is -2.50. The maximum atomic E-state index is 12.6. The summed E-state index contributed by atoms with van der Waals surface area (Å²) in [4.78, 5) is 12.6. The van der Waals surface area contributed by atoms with Crippen molar-refractivity contribution in [3.8, 4) is 0 Å². The van der Waals surface area contributed by atoms with Crippen LogP contribution in [0.15, 0.2) is 24.3 Å². The number of unbranched alkanes of at least 4 members (excludes halogenated alkanes) is 49. The Balaban J connectivity index is 3.48. The third kappa shape index (κ3) is 56.4. The number of allylic oxidation sites excluding steroid dienone is 4. The zero-order chi connectivity index (χ0) is 51.4. The van der Waals surface area contributed by atoms with Gasteiger partial charge >= 0.3 is 0 Å². The Kier molecular flexibility index (Phi) is 60.4. The number of hydrogen-bond acceptors (Lipinski definition) is 4. The molecule has 0 aliphatic heterocycles. The van der Waals surface area contributed by atoms with Crippen LogP contribution in [0.4, 0.5) is 0 Å². The molecular formula is C66H129NO4. The molecule has 0 spiro atoms. The molecule has 3 unspecified atom stereocenters. The van der Waals surface area contributed by atoms with Crippen LogP contribution in [-0.2, 0) is 4.79 Å². The van der Waals surface area contributed by atoms with Gasteiger partial charge in [0.1, 0.15) is 6.10 Å². The smallest absolute Gasteiger partial charge is 0.220 e. The van der Waals surface area contributed by atoms with Gasteiger partial charge in [-0.2, -0.15) is 0 Å². The highest BCUT2D eigenvalue weighted by molar-refractivity contribution is 5.76. The molecule has 0 aliphatic rings. The summed E-state index contributed by atoms with van der Waals surface area (Å²) in [7, 11) is 0. The zero-order valence-electron chi connectivity index (χ0n) is 48.4. The molecule has 0 heterocycles. The van der Waals surface area contributed by atoms with E-state index in [9.17, 15) is 20.1 Å². The number of hydrogen-bond donors (Lipinski definition) is 4. The molecule has 0 fully saturated rings. The largest absolute Gasteiger partial charge is 0.394 e. The van der Waals surface area contributed by atoms with E-state index in [1.54, 1.807) is 0 Å². The Morgan fingerprint density at radius 3 is 0.887 bits per heavy atom. The first-order valence-corrected chi connectivity index (χ1v) is 32.6. The molecule has 0 aliphatic carbocycles. The van der Waals surface area contributed by atoms with Gasteiger partial charge in [0.15, 0.2) is 0 Å². The summed E-state index contributed by atoms with van der Waals surface area (Å²) in [6, 6.07) is -0.809. The van der Waals surface area contributed by atoms with Crippen molar-refractivity contribution in [1.29, 1.82) is 0 Å². The Morgan fingerprint density at radius 1 is 0.352 bits per heavy atom. The van der Waals surface area contributed by atoms with Crippen LogP contribution >= 0.6 is 0 Å². The lowest BCUT2D eigenvalue weighted by atomic mass is 9.99. The van der Waals surface area contributed by atoms with Crippen LogP contribution < -0.4 is 5.32 Å². The average molecular weight is 1000 g/mol. The van der Waals surface area contributed by atoms with Crippen molar-refractivity contribution < 1.29 is 20.1 Å². The van der Waals surface area contributed by atoms with E-state index in [4.69, 9.17) is 0 Å². The fourth-order valence-electron chi connectivity index (χ4n) is 10.6. The Hall–Kier alpha value is -1.17. The van der Waals surface area contributed by atoms with Gasteiger partial charge in [-0.25, -0.2) is 0 Å². The number of amides is 1. The summed E-state index contributed by atoms with van der Waals surface area (Å²) >= 11 is 0. The second kappa shape index (κ2) is 61.4. The standard InChI is InChI=1S/C66H129NO4/c1-3-5-7-9-11-13-15-17-19-21-23-25-27-29-30-31-32-33-34-35-36-37-39-41-43-45-47-49-51-53-55-57-59-61-65(70)67-63(62-68)66(71)64(69)60-58-56-54-52-50-48-46-44-42-40-38-28-26-24-22-20-18-16-14-12-10-8-6-4-2/h23,25,29-30,63-64,66,68-69,71H,3-22,24,26-28,31-62H2,1-2H3,(H,67,70)/b25-23-,30-29-. The Morgan fingerprint density at radius 2 is 0.606 bits per heavy atom. The average Bonchev–Trinajstić information content (AvgIpc) is 3.37. The molecule has 0 bridgehead atoms.